The average Bonchev–Trinajstić information content (AvgIpc) is 2.94. The number of piperidine rings is 1. The predicted octanol–water partition coefficient (Wildman–Crippen LogP) is -0.318. The molecule has 2 fully saturated rings. The van der Waals surface area contributed by atoms with Gasteiger partial charge in [-0.2, -0.15) is 5.10 Å². The number of anilines is 1. The summed E-state index contributed by atoms with van der Waals surface area (Å²) in [5, 5.41) is 17.2. The molecule has 0 saturated carbocycles. The smallest absolute Gasteiger partial charge is 0.124 e. The van der Waals surface area contributed by atoms with Gasteiger partial charge in [0, 0.05) is 32.2 Å². The molecule has 3 rings (SSSR count). The Bertz CT molecular complexity index is 364. The first-order valence-electron chi connectivity index (χ1n) is 6.59. The first-order chi connectivity index (χ1) is 8.84. The van der Waals surface area contributed by atoms with E-state index >= 15 is 0 Å². The number of aliphatic hydroxyl groups excluding tert-OH is 1. The monoisotopic (exact) mass is 252 g/mol. The molecule has 6 nitrogen and oxygen atoms in total. The van der Waals surface area contributed by atoms with E-state index in [1.54, 1.807) is 6.20 Å². The third-order valence-corrected chi connectivity index (χ3v) is 3.89. The lowest BCUT2D eigenvalue weighted by molar-refractivity contribution is -0.0267. The molecule has 0 bridgehead atoms. The van der Waals surface area contributed by atoms with E-state index in [-0.39, 0.29) is 12.1 Å². The molecule has 2 saturated heterocycles. The molecule has 2 unspecified atom stereocenters. The van der Waals surface area contributed by atoms with Crippen molar-refractivity contribution in [3.63, 3.8) is 0 Å². The van der Waals surface area contributed by atoms with Gasteiger partial charge < -0.3 is 14.7 Å². The number of hydrogen-bond acceptors (Lipinski definition) is 5. The van der Waals surface area contributed by atoms with E-state index in [2.05, 4.69) is 20.0 Å². The van der Waals surface area contributed by atoms with Gasteiger partial charge >= 0.3 is 0 Å². The number of ether oxygens (including phenoxy) is 1. The second kappa shape index (κ2) is 5.26. The van der Waals surface area contributed by atoms with Crippen molar-refractivity contribution >= 4 is 5.82 Å². The lowest BCUT2D eigenvalue weighted by Crippen LogP contribution is -2.57. The zero-order chi connectivity index (χ0) is 12.4. The van der Waals surface area contributed by atoms with Gasteiger partial charge in [0.2, 0.25) is 0 Å². The van der Waals surface area contributed by atoms with Gasteiger partial charge in [-0.05, 0) is 6.42 Å². The molecule has 0 aliphatic carbocycles. The van der Waals surface area contributed by atoms with Gasteiger partial charge in [-0.15, -0.1) is 0 Å². The fourth-order valence-electron chi connectivity index (χ4n) is 2.83. The van der Waals surface area contributed by atoms with Gasteiger partial charge in [-0.3, -0.25) is 10.00 Å². The second-order valence-electron chi connectivity index (χ2n) is 4.96. The molecule has 6 heteroatoms. The summed E-state index contributed by atoms with van der Waals surface area (Å²) in [6, 6.07) is 2.18. The number of morpholine rings is 1. The SMILES string of the molecule is OC1CCN(c2ccn[nH]2)CC1N1CCOCC1. The summed E-state index contributed by atoms with van der Waals surface area (Å²) in [5.74, 6) is 1.04. The van der Waals surface area contributed by atoms with Crippen molar-refractivity contribution in [2.45, 2.75) is 18.6 Å². The maximum Gasteiger partial charge on any atom is 0.124 e. The van der Waals surface area contributed by atoms with Crippen molar-refractivity contribution in [2.75, 3.05) is 44.3 Å². The van der Waals surface area contributed by atoms with Crippen LogP contribution < -0.4 is 4.90 Å². The van der Waals surface area contributed by atoms with Crippen LogP contribution in [0.15, 0.2) is 12.3 Å². The van der Waals surface area contributed by atoms with Crippen LogP contribution in [0.25, 0.3) is 0 Å². The molecule has 1 aromatic heterocycles. The molecule has 0 amide bonds. The van der Waals surface area contributed by atoms with Crippen molar-refractivity contribution < 1.29 is 9.84 Å². The van der Waals surface area contributed by atoms with E-state index in [1.807, 2.05) is 6.07 Å². The lowest BCUT2D eigenvalue weighted by atomic mass is 10.00. The normalized spacial score (nSPS) is 30.6. The van der Waals surface area contributed by atoms with Crippen LogP contribution in [0.3, 0.4) is 0 Å². The predicted molar refractivity (Wildman–Crippen MR) is 67.6 cm³/mol. The number of aromatic amines is 1. The number of nitrogens with one attached hydrogen (secondary N) is 1. The number of rotatable bonds is 2. The molecule has 2 N–H and O–H groups in total. The summed E-state index contributed by atoms with van der Waals surface area (Å²) in [5.41, 5.74) is 0. The van der Waals surface area contributed by atoms with E-state index in [9.17, 15) is 5.11 Å². The highest BCUT2D eigenvalue weighted by Crippen LogP contribution is 2.21. The Balaban J connectivity index is 1.68. The molecule has 2 aliphatic rings. The van der Waals surface area contributed by atoms with E-state index in [0.29, 0.717) is 0 Å². The first-order valence-corrected chi connectivity index (χ1v) is 6.59. The van der Waals surface area contributed by atoms with Gasteiger partial charge in [0.15, 0.2) is 0 Å². The highest BCUT2D eigenvalue weighted by molar-refractivity contribution is 5.37. The molecule has 0 spiro atoms. The van der Waals surface area contributed by atoms with Crippen LogP contribution >= 0.6 is 0 Å². The second-order valence-corrected chi connectivity index (χ2v) is 4.96. The van der Waals surface area contributed by atoms with Crippen molar-refractivity contribution in [3.05, 3.63) is 12.3 Å². The number of hydrogen-bond donors (Lipinski definition) is 2. The summed E-state index contributed by atoms with van der Waals surface area (Å²) in [4.78, 5) is 4.61. The molecular formula is C12H20N4O2. The summed E-state index contributed by atoms with van der Waals surface area (Å²) in [6.07, 6.45) is 2.34. The zero-order valence-corrected chi connectivity index (χ0v) is 10.5. The average molecular weight is 252 g/mol. The molecule has 2 aliphatic heterocycles. The number of H-pyrrole nitrogens is 1. The standard InChI is InChI=1S/C12H20N4O2/c17-11-2-4-16(12-1-3-13-14-12)9-10(11)15-5-7-18-8-6-15/h1,3,10-11,17H,2,4-9H2,(H,13,14). The van der Waals surface area contributed by atoms with Crippen LogP contribution in [0.5, 0.6) is 0 Å². The third kappa shape index (κ3) is 2.36. The van der Waals surface area contributed by atoms with Crippen LogP contribution in [0.1, 0.15) is 6.42 Å². The summed E-state index contributed by atoms with van der Waals surface area (Å²) < 4.78 is 5.37. The largest absolute Gasteiger partial charge is 0.391 e. The minimum atomic E-state index is -0.234. The fraction of sp³-hybridized carbons (Fsp3) is 0.750. The molecule has 0 aromatic carbocycles. The maximum absolute atomic E-state index is 10.2. The summed E-state index contributed by atoms with van der Waals surface area (Å²) in [7, 11) is 0. The van der Waals surface area contributed by atoms with E-state index in [4.69, 9.17) is 4.74 Å². The molecule has 2 atom stereocenters. The lowest BCUT2D eigenvalue weighted by Gasteiger charge is -2.43. The molecule has 3 heterocycles. The van der Waals surface area contributed by atoms with Crippen LogP contribution in [0.2, 0.25) is 0 Å². The van der Waals surface area contributed by atoms with Crippen LogP contribution in [-0.4, -0.2) is 71.7 Å². The van der Waals surface area contributed by atoms with Gasteiger partial charge in [-0.1, -0.05) is 0 Å². The zero-order valence-electron chi connectivity index (χ0n) is 10.5. The van der Waals surface area contributed by atoms with Crippen molar-refractivity contribution in [3.8, 4) is 0 Å². The van der Waals surface area contributed by atoms with Crippen LogP contribution in [0.4, 0.5) is 5.82 Å². The van der Waals surface area contributed by atoms with E-state index < -0.39 is 0 Å². The maximum atomic E-state index is 10.2. The van der Waals surface area contributed by atoms with Gasteiger partial charge in [0.1, 0.15) is 5.82 Å². The van der Waals surface area contributed by atoms with Gasteiger partial charge in [0.25, 0.3) is 0 Å². The fourth-order valence-corrected chi connectivity index (χ4v) is 2.83. The number of nitrogens with zero attached hydrogens (tertiary/aromatic N) is 3. The third-order valence-electron chi connectivity index (χ3n) is 3.89. The van der Waals surface area contributed by atoms with Gasteiger partial charge in [-0.25, -0.2) is 0 Å². The molecule has 100 valence electrons. The number of aliphatic hydroxyl groups is 1. The Labute approximate surface area is 107 Å². The Hall–Kier alpha value is -1.11. The first kappa shape index (κ1) is 12.0. The Morgan fingerprint density at radius 2 is 2.17 bits per heavy atom. The molecule has 0 radical (unpaired) electrons. The molecular weight excluding hydrogens is 232 g/mol. The van der Waals surface area contributed by atoms with Crippen molar-refractivity contribution in [1.82, 2.24) is 15.1 Å². The summed E-state index contributed by atoms with van der Waals surface area (Å²) in [6.45, 7) is 5.10. The molecule has 1 aromatic rings. The molecule has 18 heavy (non-hydrogen) atoms. The number of aromatic nitrogens is 2. The Morgan fingerprint density at radius 3 is 2.89 bits per heavy atom. The Morgan fingerprint density at radius 1 is 1.33 bits per heavy atom. The van der Waals surface area contributed by atoms with Gasteiger partial charge in [0.05, 0.1) is 31.6 Å². The minimum absolute atomic E-state index is 0.200. The topological polar surface area (TPSA) is 64.6 Å². The minimum Gasteiger partial charge on any atom is -0.391 e. The van der Waals surface area contributed by atoms with E-state index in [1.165, 1.54) is 0 Å². The van der Waals surface area contributed by atoms with E-state index in [0.717, 1.165) is 51.6 Å². The van der Waals surface area contributed by atoms with Crippen molar-refractivity contribution in [1.29, 1.82) is 0 Å². The highest BCUT2D eigenvalue weighted by Gasteiger charge is 2.33. The van der Waals surface area contributed by atoms with Crippen LogP contribution in [-0.2, 0) is 4.74 Å². The quantitative estimate of drug-likeness (QED) is 0.755. The summed E-state index contributed by atoms with van der Waals surface area (Å²) >= 11 is 0. The van der Waals surface area contributed by atoms with Crippen LogP contribution in [0, 0.1) is 0 Å². The van der Waals surface area contributed by atoms with Crippen molar-refractivity contribution in [2.24, 2.45) is 0 Å². The highest BCUT2D eigenvalue weighted by atomic mass is 16.5. The Kier molecular flexibility index (Phi) is 3.49.